The fourth-order valence-corrected chi connectivity index (χ4v) is 2.25. The topological polar surface area (TPSA) is 30.3 Å². The molecule has 0 aromatic rings. The smallest absolute Gasteiger partial charge is 0.0674 e. The normalized spacial score (nSPS) is 25.6. The lowest BCUT2D eigenvalue weighted by molar-refractivity contribution is 0.0887. The zero-order chi connectivity index (χ0) is 12.2. The number of piperidine rings is 1. The van der Waals surface area contributed by atoms with E-state index in [1.807, 2.05) is 0 Å². The van der Waals surface area contributed by atoms with Crippen molar-refractivity contribution in [2.24, 2.45) is 11.3 Å². The Morgan fingerprint density at radius 1 is 1.44 bits per heavy atom. The molecule has 0 aliphatic carbocycles. The molecular formula is C13H25N3. The summed E-state index contributed by atoms with van der Waals surface area (Å²) in [5, 5.41) is 9.17. The van der Waals surface area contributed by atoms with Crippen molar-refractivity contribution in [3.63, 3.8) is 0 Å². The first-order chi connectivity index (χ1) is 7.45. The van der Waals surface area contributed by atoms with Gasteiger partial charge >= 0.3 is 0 Å². The van der Waals surface area contributed by atoms with E-state index in [1.165, 1.54) is 6.42 Å². The third-order valence-corrected chi connectivity index (χ3v) is 3.69. The zero-order valence-electron chi connectivity index (χ0n) is 11.2. The Bertz CT molecular complexity index is 252. The molecule has 1 aliphatic rings. The van der Waals surface area contributed by atoms with Gasteiger partial charge in [-0.15, -0.1) is 0 Å². The highest BCUT2D eigenvalue weighted by atomic mass is 15.1. The quantitative estimate of drug-likeness (QED) is 0.728. The van der Waals surface area contributed by atoms with Gasteiger partial charge in [0.1, 0.15) is 0 Å². The van der Waals surface area contributed by atoms with E-state index in [-0.39, 0.29) is 11.3 Å². The highest BCUT2D eigenvalue weighted by Gasteiger charge is 2.35. The second-order valence-corrected chi connectivity index (χ2v) is 5.88. The number of likely N-dealkylation sites (tertiary alicyclic amines) is 1. The Labute approximate surface area is 100 Å². The minimum Gasteiger partial charge on any atom is -0.309 e. The molecule has 92 valence electrons. The van der Waals surface area contributed by atoms with Crippen molar-refractivity contribution in [2.75, 3.05) is 40.3 Å². The van der Waals surface area contributed by atoms with Crippen molar-refractivity contribution >= 4 is 0 Å². The molecule has 0 radical (unpaired) electrons. The first-order valence-corrected chi connectivity index (χ1v) is 6.22. The van der Waals surface area contributed by atoms with Gasteiger partial charge < -0.3 is 9.80 Å². The SMILES string of the molecule is CN(C)CCCN1CCC(C)(C)C(C#N)C1. The van der Waals surface area contributed by atoms with Gasteiger partial charge in [-0.3, -0.25) is 0 Å². The van der Waals surface area contributed by atoms with Crippen LogP contribution in [0.4, 0.5) is 0 Å². The van der Waals surface area contributed by atoms with Crippen LogP contribution in [0.15, 0.2) is 0 Å². The fourth-order valence-electron chi connectivity index (χ4n) is 2.25. The summed E-state index contributed by atoms with van der Waals surface area (Å²) in [4.78, 5) is 4.66. The Balaban J connectivity index is 2.35. The van der Waals surface area contributed by atoms with Gasteiger partial charge in [0.05, 0.1) is 12.0 Å². The largest absolute Gasteiger partial charge is 0.309 e. The average Bonchev–Trinajstić information content (AvgIpc) is 2.19. The first kappa shape index (κ1) is 13.5. The highest BCUT2D eigenvalue weighted by molar-refractivity contribution is 4.98. The van der Waals surface area contributed by atoms with Gasteiger partial charge in [0.25, 0.3) is 0 Å². The molecule has 0 aromatic heterocycles. The summed E-state index contributed by atoms with van der Waals surface area (Å²) < 4.78 is 0. The first-order valence-electron chi connectivity index (χ1n) is 6.22. The molecule has 0 saturated carbocycles. The van der Waals surface area contributed by atoms with E-state index in [4.69, 9.17) is 0 Å². The average molecular weight is 223 g/mol. The van der Waals surface area contributed by atoms with Crippen LogP contribution >= 0.6 is 0 Å². The molecule has 0 amide bonds. The number of hydrogen-bond donors (Lipinski definition) is 0. The lowest BCUT2D eigenvalue weighted by Gasteiger charge is -2.40. The molecule has 1 heterocycles. The molecule has 1 rings (SSSR count). The van der Waals surface area contributed by atoms with Crippen LogP contribution < -0.4 is 0 Å². The maximum Gasteiger partial charge on any atom is 0.0674 e. The second-order valence-electron chi connectivity index (χ2n) is 5.88. The molecule has 0 N–H and O–H groups in total. The van der Waals surface area contributed by atoms with Gasteiger partial charge in [-0.05, 0) is 52.0 Å². The van der Waals surface area contributed by atoms with Crippen LogP contribution in [0, 0.1) is 22.7 Å². The maximum atomic E-state index is 9.17. The second kappa shape index (κ2) is 5.65. The van der Waals surface area contributed by atoms with E-state index in [0.29, 0.717) is 0 Å². The molecule has 0 spiro atoms. The van der Waals surface area contributed by atoms with E-state index in [9.17, 15) is 5.26 Å². The molecule has 1 aliphatic heterocycles. The lowest BCUT2D eigenvalue weighted by atomic mass is 9.74. The van der Waals surface area contributed by atoms with Gasteiger partial charge in [-0.2, -0.15) is 5.26 Å². The van der Waals surface area contributed by atoms with Crippen molar-refractivity contribution in [3.8, 4) is 6.07 Å². The minimum atomic E-state index is 0.195. The van der Waals surface area contributed by atoms with Crippen LogP contribution in [-0.2, 0) is 0 Å². The number of nitriles is 1. The van der Waals surface area contributed by atoms with Gasteiger partial charge in [-0.1, -0.05) is 13.8 Å². The zero-order valence-corrected chi connectivity index (χ0v) is 11.2. The molecule has 0 aromatic carbocycles. The predicted octanol–water partition coefficient (Wildman–Crippen LogP) is 1.81. The van der Waals surface area contributed by atoms with Crippen molar-refractivity contribution in [3.05, 3.63) is 0 Å². The molecule has 16 heavy (non-hydrogen) atoms. The number of rotatable bonds is 4. The van der Waals surface area contributed by atoms with Crippen molar-refractivity contribution < 1.29 is 0 Å². The summed E-state index contributed by atoms with van der Waals surface area (Å²) in [6, 6.07) is 2.47. The Kier molecular flexibility index (Phi) is 4.76. The third kappa shape index (κ3) is 3.77. The van der Waals surface area contributed by atoms with Crippen molar-refractivity contribution in [1.82, 2.24) is 9.80 Å². The molecule has 1 atom stereocenters. The monoisotopic (exact) mass is 223 g/mol. The number of hydrogen-bond acceptors (Lipinski definition) is 3. The molecule has 1 fully saturated rings. The molecule has 0 bridgehead atoms. The molecule has 3 nitrogen and oxygen atoms in total. The summed E-state index contributed by atoms with van der Waals surface area (Å²) in [7, 11) is 4.22. The maximum absolute atomic E-state index is 9.17. The summed E-state index contributed by atoms with van der Waals surface area (Å²) in [6.45, 7) is 8.81. The molecular weight excluding hydrogens is 198 g/mol. The van der Waals surface area contributed by atoms with Crippen molar-refractivity contribution in [1.29, 1.82) is 5.26 Å². The third-order valence-electron chi connectivity index (χ3n) is 3.69. The van der Waals surface area contributed by atoms with E-state index >= 15 is 0 Å². The molecule has 1 unspecified atom stereocenters. The van der Waals surface area contributed by atoms with Crippen molar-refractivity contribution in [2.45, 2.75) is 26.7 Å². The number of nitrogens with zero attached hydrogens (tertiary/aromatic N) is 3. The van der Waals surface area contributed by atoms with E-state index in [1.54, 1.807) is 0 Å². The van der Waals surface area contributed by atoms with Crippen LogP contribution in [0.5, 0.6) is 0 Å². The lowest BCUT2D eigenvalue weighted by Crippen LogP contribution is -2.44. The van der Waals surface area contributed by atoms with E-state index in [2.05, 4.69) is 43.8 Å². The standard InChI is InChI=1S/C13H25N3/c1-13(2)6-9-16(11-12(13)10-14)8-5-7-15(3)4/h12H,5-9,11H2,1-4H3. The van der Waals surface area contributed by atoms with Crippen LogP contribution in [0.2, 0.25) is 0 Å². The highest BCUT2D eigenvalue weighted by Crippen LogP contribution is 2.34. The summed E-state index contributed by atoms with van der Waals surface area (Å²) in [5.74, 6) is 0.195. The van der Waals surface area contributed by atoms with E-state index in [0.717, 1.165) is 32.6 Å². The van der Waals surface area contributed by atoms with Crippen LogP contribution in [0.3, 0.4) is 0 Å². The predicted molar refractivity (Wildman–Crippen MR) is 67.1 cm³/mol. The summed E-state index contributed by atoms with van der Waals surface area (Å²) >= 11 is 0. The fraction of sp³-hybridized carbons (Fsp3) is 0.923. The Hall–Kier alpha value is -0.590. The van der Waals surface area contributed by atoms with Crippen LogP contribution in [0.25, 0.3) is 0 Å². The van der Waals surface area contributed by atoms with Gasteiger partial charge in [0.15, 0.2) is 0 Å². The molecule has 3 heteroatoms. The van der Waals surface area contributed by atoms with Gasteiger partial charge in [0.2, 0.25) is 0 Å². The summed E-state index contributed by atoms with van der Waals surface area (Å²) in [6.07, 6.45) is 2.35. The van der Waals surface area contributed by atoms with E-state index < -0.39 is 0 Å². The minimum absolute atomic E-state index is 0.195. The van der Waals surface area contributed by atoms with Gasteiger partial charge in [0, 0.05) is 6.54 Å². The summed E-state index contributed by atoms with van der Waals surface area (Å²) in [5.41, 5.74) is 0.201. The van der Waals surface area contributed by atoms with Crippen LogP contribution in [0.1, 0.15) is 26.7 Å². The van der Waals surface area contributed by atoms with Gasteiger partial charge in [-0.25, -0.2) is 0 Å². The molecule has 1 saturated heterocycles. The Morgan fingerprint density at radius 2 is 2.12 bits per heavy atom. The Morgan fingerprint density at radius 3 is 2.69 bits per heavy atom. The van der Waals surface area contributed by atoms with Crippen LogP contribution in [-0.4, -0.2) is 50.1 Å².